The highest BCUT2D eigenvalue weighted by molar-refractivity contribution is 6.07. The molecule has 3 rings (SSSR count). The normalized spacial score (nSPS) is 18.8. The van der Waals surface area contributed by atoms with Crippen molar-refractivity contribution in [1.82, 2.24) is 20.7 Å². The number of urea groups is 1. The molecule has 4 amide bonds. The fourth-order valence-corrected chi connectivity index (χ4v) is 3.35. The molecule has 1 aliphatic heterocycles. The van der Waals surface area contributed by atoms with Gasteiger partial charge in [0.1, 0.15) is 5.54 Å². The van der Waals surface area contributed by atoms with Crippen LogP contribution in [0.5, 0.6) is 0 Å². The summed E-state index contributed by atoms with van der Waals surface area (Å²) in [7, 11) is 1.81. The van der Waals surface area contributed by atoms with E-state index in [1.807, 2.05) is 72.6 Å². The molecule has 2 N–H and O–H groups in total. The smallest absolute Gasteiger partial charge is 0.322 e. The van der Waals surface area contributed by atoms with Crippen LogP contribution in [0.25, 0.3) is 0 Å². The molecule has 0 aromatic heterocycles. The maximum absolute atomic E-state index is 12.8. The summed E-state index contributed by atoms with van der Waals surface area (Å²) in [5, 5.41) is 3.50. The lowest BCUT2D eigenvalue weighted by Crippen LogP contribution is -2.51. The number of hydrogen-bond donors (Lipinski definition) is 2. The maximum atomic E-state index is 12.8. The first-order valence-corrected chi connectivity index (χ1v) is 9.60. The molecular formula is C22H26N4O3. The molecular weight excluding hydrogens is 368 g/mol. The van der Waals surface area contributed by atoms with E-state index in [1.54, 1.807) is 6.92 Å². The average molecular weight is 394 g/mol. The van der Waals surface area contributed by atoms with E-state index in [0.29, 0.717) is 19.4 Å². The largest absolute Gasteiger partial charge is 0.344 e. The van der Waals surface area contributed by atoms with E-state index >= 15 is 0 Å². The summed E-state index contributed by atoms with van der Waals surface area (Å²) >= 11 is 0. The third kappa shape index (κ3) is 5.20. The van der Waals surface area contributed by atoms with Crippen LogP contribution in [0.3, 0.4) is 0 Å². The van der Waals surface area contributed by atoms with Crippen LogP contribution < -0.4 is 10.7 Å². The van der Waals surface area contributed by atoms with Crippen molar-refractivity contribution < 1.29 is 14.4 Å². The molecule has 0 saturated carbocycles. The minimum absolute atomic E-state index is 0.0622. The first-order chi connectivity index (χ1) is 13.9. The van der Waals surface area contributed by atoms with Gasteiger partial charge in [-0.2, -0.15) is 5.01 Å². The van der Waals surface area contributed by atoms with E-state index < -0.39 is 23.4 Å². The Morgan fingerprint density at radius 3 is 2.24 bits per heavy atom. The maximum Gasteiger partial charge on any atom is 0.344 e. The van der Waals surface area contributed by atoms with Crippen LogP contribution in [0.15, 0.2) is 60.7 Å². The van der Waals surface area contributed by atoms with Gasteiger partial charge in [0.2, 0.25) is 0 Å². The van der Waals surface area contributed by atoms with Gasteiger partial charge in [0.05, 0.1) is 6.54 Å². The van der Waals surface area contributed by atoms with Crippen molar-refractivity contribution in [1.29, 1.82) is 0 Å². The Balaban J connectivity index is 1.54. The first-order valence-electron chi connectivity index (χ1n) is 9.60. The number of nitrogens with zero attached hydrogens (tertiary/aromatic N) is 2. The Hall–Kier alpha value is -3.19. The summed E-state index contributed by atoms with van der Waals surface area (Å²) in [5.41, 5.74) is 3.55. The van der Waals surface area contributed by atoms with Gasteiger partial charge in [-0.25, -0.2) is 4.79 Å². The molecule has 2 aromatic rings. The molecule has 1 aliphatic rings. The number of hydrogen-bond acceptors (Lipinski definition) is 4. The molecule has 0 bridgehead atoms. The van der Waals surface area contributed by atoms with Gasteiger partial charge < -0.3 is 5.32 Å². The number of imide groups is 1. The van der Waals surface area contributed by atoms with Gasteiger partial charge in [-0.05, 0) is 37.9 Å². The third-order valence-electron chi connectivity index (χ3n) is 4.96. The van der Waals surface area contributed by atoms with Crippen molar-refractivity contribution in [3.63, 3.8) is 0 Å². The molecule has 2 aromatic carbocycles. The molecule has 152 valence electrons. The number of aryl methyl sites for hydroxylation is 1. The van der Waals surface area contributed by atoms with Gasteiger partial charge in [0, 0.05) is 6.54 Å². The Labute approximate surface area is 170 Å². The lowest BCUT2D eigenvalue weighted by molar-refractivity contribution is -0.139. The minimum atomic E-state index is -1.05. The highest BCUT2D eigenvalue weighted by Gasteiger charge is 2.48. The van der Waals surface area contributed by atoms with Crippen LogP contribution in [0.2, 0.25) is 0 Å². The van der Waals surface area contributed by atoms with Crippen molar-refractivity contribution in [2.75, 3.05) is 13.6 Å². The number of carbonyl (C=O) groups is 3. The van der Waals surface area contributed by atoms with Gasteiger partial charge in [-0.15, -0.1) is 0 Å². The second kappa shape index (κ2) is 8.87. The van der Waals surface area contributed by atoms with Crippen molar-refractivity contribution in [2.45, 2.75) is 31.8 Å². The van der Waals surface area contributed by atoms with Crippen LogP contribution >= 0.6 is 0 Å². The second-order valence-corrected chi connectivity index (χ2v) is 7.58. The molecule has 1 fully saturated rings. The summed E-state index contributed by atoms with van der Waals surface area (Å²) in [4.78, 5) is 39.2. The number of carbonyl (C=O) groups excluding carboxylic acids is 3. The van der Waals surface area contributed by atoms with Crippen molar-refractivity contribution >= 4 is 17.8 Å². The quantitative estimate of drug-likeness (QED) is 0.672. The zero-order chi connectivity index (χ0) is 20.9. The van der Waals surface area contributed by atoms with Crippen LogP contribution in [0.1, 0.15) is 24.5 Å². The van der Waals surface area contributed by atoms with E-state index in [-0.39, 0.29) is 6.54 Å². The first kappa shape index (κ1) is 20.5. The Bertz CT molecular complexity index is 872. The summed E-state index contributed by atoms with van der Waals surface area (Å²) in [6.07, 6.45) is 1.09. The molecule has 7 nitrogen and oxygen atoms in total. The number of benzene rings is 2. The average Bonchev–Trinajstić information content (AvgIpc) is 2.91. The number of rotatable bonds is 8. The van der Waals surface area contributed by atoms with E-state index in [1.165, 1.54) is 0 Å². The summed E-state index contributed by atoms with van der Waals surface area (Å²) in [6, 6.07) is 18.9. The summed E-state index contributed by atoms with van der Waals surface area (Å²) in [5.74, 6) is -0.864. The molecule has 1 heterocycles. The van der Waals surface area contributed by atoms with Crippen molar-refractivity contribution in [3.8, 4) is 0 Å². The van der Waals surface area contributed by atoms with Crippen LogP contribution in [-0.4, -0.2) is 46.9 Å². The molecule has 29 heavy (non-hydrogen) atoms. The standard InChI is InChI=1S/C22H26N4O3/c1-22(14-13-17-9-5-3-6-10-17)20(28)26(21(29)23-22)24-19(27)16-25(2)15-18-11-7-4-8-12-18/h3-12H,13-16H2,1-2H3,(H,23,29)(H,24,27). The fraction of sp³-hybridized carbons (Fsp3) is 0.318. The number of hydrazine groups is 1. The minimum Gasteiger partial charge on any atom is -0.322 e. The van der Waals surface area contributed by atoms with Crippen molar-refractivity contribution in [2.24, 2.45) is 0 Å². The van der Waals surface area contributed by atoms with Gasteiger partial charge >= 0.3 is 6.03 Å². The van der Waals surface area contributed by atoms with Crippen LogP contribution in [0, 0.1) is 0 Å². The van der Waals surface area contributed by atoms with Crippen molar-refractivity contribution in [3.05, 3.63) is 71.8 Å². The van der Waals surface area contributed by atoms with Crippen LogP contribution in [-0.2, 0) is 22.6 Å². The second-order valence-electron chi connectivity index (χ2n) is 7.58. The molecule has 1 saturated heterocycles. The zero-order valence-corrected chi connectivity index (χ0v) is 16.7. The van der Waals surface area contributed by atoms with Crippen LogP contribution in [0.4, 0.5) is 4.79 Å². The molecule has 1 atom stereocenters. The Morgan fingerprint density at radius 1 is 1.03 bits per heavy atom. The van der Waals surface area contributed by atoms with Gasteiger partial charge in [0.15, 0.2) is 0 Å². The summed E-state index contributed by atoms with van der Waals surface area (Å²) < 4.78 is 0. The molecule has 1 unspecified atom stereocenters. The predicted octanol–water partition coefficient (Wildman–Crippen LogP) is 2.09. The predicted molar refractivity (Wildman–Crippen MR) is 109 cm³/mol. The SMILES string of the molecule is CN(CC(=O)NN1C(=O)NC(C)(CCc2ccccc2)C1=O)Cc1ccccc1. The molecule has 0 radical (unpaired) electrons. The highest BCUT2D eigenvalue weighted by atomic mass is 16.2. The summed E-state index contributed by atoms with van der Waals surface area (Å²) in [6.45, 7) is 2.33. The number of likely N-dealkylation sites (N-methyl/N-ethyl adjacent to an activating group) is 1. The van der Waals surface area contributed by atoms with E-state index in [4.69, 9.17) is 0 Å². The third-order valence-corrected chi connectivity index (χ3v) is 4.96. The molecule has 0 spiro atoms. The van der Waals surface area contributed by atoms with E-state index in [2.05, 4.69) is 10.7 Å². The Morgan fingerprint density at radius 2 is 1.62 bits per heavy atom. The number of nitrogens with one attached hydrogen (secondary N) is 2. The lowest BCUT2D eigenvalue weighted by atomic mass is 9.93. The van der Waals surface area contributed by atoms with E-state index in [0.717, 1.165) is 16.1 Å². The van der Waals surface area contributed by atoms with Gasteiger partial charge in [0.25, 0.3) is 11.8 Å². The highest BCUT2D eigenvalue weighted by Crippen LogP contribution is 2.22. The zero-order valence-electron chi connectivity index (χ0n) is 16.7. The molecule has 0 aliphatic carbocycles. The Kier molecular flexibility index (Phi) is 6.29. The van der Waals surface area contributed by atoms with E-state index in [9.17, 15) is 14.4 Å². The van der Waals surface area contributed by atoms with Gasteiger partial charge in [-0.1, -0.05) is 60.7 Å². The lowest BCUT2D eigenvalue weighted by Gasteiger charge is -2.22. The molecule has 7 heteroatoms. The number of amides is 4. The monoisotopic (exact) mass is 394 g/mol. The van der Waals surface area contributed by atoms with Gasteiger partial charge in [-0.3, -0.25) is 19.9 Å². The fourth-order valence-electron chi connectivity index (χ4n) is 3.35. The topological polar surface area (TPSA) is 81.8 Å².